The van der Waals surface area contributed by atoms with Crippen LogP contribution in [0.15, 0.2) is 91.4 Å². The lowest BCUT2D eigenvalue weighted by molar-refractivity contribution is 0.0697. The van der Waals surface area contributed by atoms with E-state index in [0.29, 0.717) is 24.7 Å². The van der Waals surface area contributed by atoms with Crippen LogP contribution in [0.25, 0.3) is 28.0 Å². The normalized spacial score (nSPS) is 10.8. The zero-order valence-electron chi connectivity index (χ0n) is 18.1. The molecule has 0 spiro atoms. The van der Waals surface area contributed by atoms with Crippen LogP contribution in [0, 0.1) is 0 Å². The summed E-state index contributed by atoms with van der Waals surface area (Å²) in [7, 11) is 0. The quantitative estimate of drug-likeness (QED) is 0.331. The lowest BCUT2D eigenvalue weighted by Crippen LogP contribution is -2.11. The van der Waals surface area contributed by atoms with Gasteiger partial charge in [-0.3, -0.25) is 4.98 Å². The van der Waals surface area contributed by atoms with Crippen LogP contribution in [0.2, 0.25) is 0 Å². The number of carboxylic acids is 1. The van der Waals surface area contributed by atoms with Gasteiger partial charge in [-0.1, -0.05) is 30.3 Å². The third-order valence-corrected chi connectivity index (χ3v) is 5.28. The molecule has 0 fully saturated rings. The number of ether oxygens (including phenoxy) is 1. The Kier molecular flexibility index (Phi) is 5.85. The van der Waals surface area contributed by atoms with Crippen molar-refractivity contribution in [1.29, 1.82) is 0 Å². The first-order valence-corrected chi connectivity index (χ1v) is 10.7. The molecule has 0 aliphatic rings. The van der Waals surface area contributed by atoms with E-state index in [4.69, 9.17) is 14.8 Å². The smallest absolute Gasteiger partial charge is 0.335 e. The average Bonchev–Trinajstić information content (AvgIpc) is 3.31. The van der Waals surface area contributed by atoms with Gasteiger partial charge in [-0.05, 0) is 42.5 Å². The van der Waals surface area contributed by atoms with E-state index < -0.39 is 5.97 Å². The number of nitrogens with one attached hydrogen (secondary N) is 1. The molecule has 168 valence electrons. The number of carbonyl (C=O) groups is 1. The Morgan fingerprint density at radius 1 is 0.971 bits per heavy atom. The minimum absolute atomic E-state index is 0.222. The van der Waals surface area contributed by atoms with E-state index in [-0.39, 0.29) is 5.56 Å². The molecular formula is C26H21N5O3. The largest absolute Gasteiger partial charge is 0.492 e. The highest BCUT2D eigenvalue weighted by Crippen LogP contribution is 2.23. The first kappa shape index (κ1) is 21.1. The lowest BCUT2D eigenvalue weighted by atomic mass is 10.1. The zero-order chi connectivity index (χ0) is 23.3. The maximum absolute atomic E-state index is 11.1. The summed E-state index contributed by atoms with van der Waals surface area (Å²) in [5, 5.41) is 18.0. The van der Waals surface area contributed by atoms with Gasteiger partial charge < -0.3 is 15.2 Å². The van der Waals surface area contributed by atoms with Gasteiger partial charge in [-0.2, -0.15) is 5.10 Å². The second kappa shape index (κ2) is 9.41. The van der Waals surface area contributed by atoms with Gasteiger partial charge >= 0.3 is 5.97 Å². The highest BCUT2D eigenvalue weighted by atomic mass is 16.5. The van der Waals surface area contributed by atoms with Gasteiger partial charge in [0.05, 0.1) is 35.4 Å². The van der Waals surface area contributed by atoms with Gasteiger partial charge in [0.1, 0.15) is 12.4 Å². The maximum atomic E-state index is 11.1. The number of nitrogens with zero attached hydrogens (tertiary/aromatic N) is 4. The van der Waals surface area contributed by atoms with Crippen LogP contribution in [-0.4, -0.2) is 44.0 Å². The number of carboxylic acid groups (broad SMARTS) is 1. The molecule has 2 N–H and O–H groups in total. The molecule has 8 heteroatoms. The molecule has 0 radical (unpaired) electrons. The molecule has 0 aliphatic heterocycles. The fourth-order valence-corrected chi connectivity index (χ4v) is 3.57. The monoisotopic (exact) mass is 451 g/mol. The van der Waals surface area contributed by atoms with E-state index in [1.54, 1.807) is 47.5 Å². The van der Waals surface area contributed by atoms with E-state index in [0.717, 1.165) is 27.9 Å². The molecular weight excluding hydrogens is 430 g/mol. The van der Waals surface area contributed by atoms with Crippen molar-refractivity contribution >= 4 is 22.6 Å². The first-order chi connectivity index (χ1) is 16.7. The Morgan fingerprint density at radius 2 is 1.79 bits per heavy atom. The predicted molar refractivity (Wildman–Crippen MR) is 129 cm³/mol. The predicted octanol–water partition coefficient (Wildman–Crippen LogP) is 4.67. The van der Waals surface area contributed by atoms with Crippen molar-refractivity contribution in [3.8, 4) is 22.8 Å². The van der Waals surface area contributed by atoms with Crippen molar-refractivity contribution < 1.29 is 14.6 Å². The number of aromatic nitrogens is 4. The maximum Gasteiger partial charge on any atom is 0.335 e. The van der Waals surface area contributed by atoms with Gasteiger partial charge in [-0.15, -0.1) is 0 Å². The molecule has 0 amide bonds. The molecule has 0 saturated heterocycles. The van der Waals surface area contributed by atoms with Crippen molar-refractivity contribution in [3.05, 3.63) is 97.0 Å². The number of benzene rings is 3. The molecule has 8 nitrogen and oxygen atoms in total. The fraction of sp³-hybridized carbons (Fsp3) is 0.0769. The minimum Gasteiger partial charge on any atom is -0.492 e. The third-order valence-electron chi connectivity index (χ3n) is 5.28. The Morgan fingerprint density at radius 3 is 2.59 bits per heavy atom. The molecule has 3 aromatic carbocycles. The average molecular weight is 451 g/mol. The highest BCUT2D eigenvalue weighted by Gasteiger charge is 2.10. The molecule has 0 bridgehead atoms. The lowest BCUT2D eigenvalue weighted by Gasteiger charge is -2.10. The number of rotatable bonds is 8. The van der Waals surface area contributed by atoms with Crippen LogP contribution in [0.4, 0.5) is 5.69 Å². The van der Waals surface area contributed by atoms with Gasteiger partial charge in [-0.25, -0.2) is 14.5 Å². The Bertz CT molecular complexity index is 1430. The number of hydrogen-bond acceptors (Lipinski definition) is 6. The van der Waals surface area contributed by atoms with E-state index in [9.17, 15) is 4.79 Å². The van der Waals surface area contributed by atoms with E-state index in [1.807, 2.05) is 48.5 Å². The number of anilines is 1. The summed E-state index contributed by atoms with van der Waals surface area (Å²) < 4.78 is 7.48. The molecule has 2 aromatic heterocycles. The van der Waals surface area contributed by atoms with Crippen molar-refractivity contribution in [2.45, 2.75) is 0 Å². The minimum atomic E-state index is -0.967. The summed E-state index contributed by atoms with van der Waals surface area (Å²) in [4.78, 5) is 20.1. The van der Waals surface area contributed by atoms with Crippen molar-refractivity contribution in [2.75, 3.05) is 18.5 Å². The van der Waals surface area contributed by atoms with Gasteiger partial charge in [0.15, 0.2) is 5.82 Å². The first-order valence-electron chi connectivity index (χ1n) is 10.7. The van der Waals surface area contributed by atoms with E-state index in [2.05, 4.69) is 15.4 Å². The van der Waals surface area contributed by atoms with Crippen LogP contribution in [0.1, 0.15) is 10.4 Å². The second-order valence-electron chi connectivity index (χ2n) is 7.56. The Hall–Kier alpha value is -4.72. The topological polar surface area (TPSA) is 102 Å². The number of hydrogen-bond donors (Lipinski definition) is 2. The molecule has 2 heterocycles. The Labute approximate surface area is 195 Å². The summed E-state index contributed by atoms with van der Waals surface area (Å²) >= 11 is 0. The van der Waals surface area contributed by atoms with Gasteiger partial charge in [0.2, 0.25) is 0 Å². The van der Waals surface area contributed by atoms with Gasteiger partial charge in [0.25, 0.3) is 0 Å². The second-order valence-corrected chi connectivity index (χ2v) is 7.56. The summed E-state index contributed by atoms with van der Waals surface area (Å²) in [6.45, 7) is 1.19. The van der Waals surface area contributed by atoms with Crippen LogP contribution in [-0.2, 0) is 0 Å². The van der Waals surface area contributed by atoms with Crippen molar-refractivity contribution in [1.82, 2.24) is 19.7 Å². The number of aromatic carboxylic acids is 1. The number of fused-ring (bicyclic) bond motifs is 1. The highest BCUT2D eigenvalue weighted by molar-refractivity contribution is 5.88. The standard InChI is InChI=1S/C26H21N5O3/c32-26(33)19-8-6-18(7-9-19)23-16-27-17-25(30-23)31-24-14-21(11-10-20(24)15-29-31)28-12-13-34-22-4-2-1-3-5-22/h1-11,14-17,28H,12-13H2,(H,32,33). The van der Waals surface area contributed by atoms with Crippen molar-refractivity contribution in [2.24, 2.45) is 0 Å². The number of para-hydroxylation sites is 1. The summed E-state index contributed by atoms with van der Waals surface area (Å²) in [5.41, 5.74) is 3.46. The molecule has 0 atom stereocenters. The van der Waals surface area contributed by atoms with Crippen LogP contribution in [0.3, 0.4) is 0 Å². The SMILES string of the molecule is O=C(O)c1ccc(-c2cncc(-n3ncc4ccc(NCCOc5ccccc5)cc43)n2)cc1. The third kappa shape index (κ3) is 4.56. The Balaban J connectivity index is 1.34. The molecule has 0 unspecified atom stereocenters. The van der Waals surface area contributed by atoms with Crippen molar-refractivity contribution in [3.63, 3.8) is 0 Å². The van der Waals surface area contributed by atoms with Gasteiger partial charge in [0, 0.05) is 23.2 Å². The zero-order valence-corrected chi connectivity index (χ0v) is 18.1. The van der Waals surface area contributed by atoms with Crippen LogP contribution >= 0.6 is 0 Å². The fourth-order valence-electron chi connectivity index (χ4n) is 3.57. The summed E-state index contributed by atoms with van der Waals surface area (Å²) in [6.07, 6.45) is 5.08. The molecule has 0 aliphatic carbocycles. The van der Waals surface area contributed by atoms with E-state index in [1.165, 1.54) is 0 Å². The van der Waals surface area contributed by atoms with Crippen LogP contribution < -0.4 is 10.1 Å². The van der Waals surface area contributed by atoms with Crippen LogP contribution in [0.5, 0.6) is 5.75 Å². The summed E-state index contributed by atoms with van der Waals surface area (Å²) in [5.74, 6) is 0.443. The van der Waals surface area contributed by atoms with E-state index >= 15 is 0 Å². The summed E-state index contributed by atoms with van der Waals surface area (Å²) in [6, 6.07) is 22.3. The molecule has 5 aromatic rings. The molecule has 34 heavy (non-hydrogen) atoms. The molecule has 5 rings (SSSR count). The molecule has 0 saturated carbocycles.